The van der Waals surface area contributed by atoms with Crippen LogP contribution in [0.15, 0.2) is 54.6 Å². The van der Waals surface area contributed by atoms with Crippen LogP contribution in [0.1, 0.15) is 33.2 Å². The molecule has 27 heavy (non-hydrogen) atoms. The van der Waals surface area contributed by atoms with Crippen LogP contribution in [0.25, 0.3) is 0 Å². The second kappa shape index (κ2) is 7.69. The molecule has 0 fully saturated rings. The molecule has 2 aromatic carbocycles. The number of hydrazine groups is 1. The normalized spacial score (nSPS) is 13.7. The maximum absolute atomic E-state index is 12.2. The van der Waals surface area contributed by atoms with Crippen molar-refractivity contribution in [1.82, 2.24) is 15.8 Å². The van der Waals surface area contributed by atoms with Crippen LogP contribution in [0.5, 0.6) is 0 Å². The van der Waals surface area contributed by atoms with E-state index in [2.05, 4.69) is 10.7 Å². The monoisotopic (exact) mass is 367 g/mol. The summed E-state index contributed by atoms with van der Waals surface area (Å²) in [5.41, 5.74) is 3.46. The molecule has 0 spiro atoms. The first-order chi connectivity index (χ1) is 13.0. The third kappa shape index (κ3) is 3.95. The highest BCUT2D eigenvalue weighted by Crippen LogP contribution is 2.20. The average Bonchev–Trinajstić information content (AvgIpc) is 2.92. The van der Waals surface area contributed by atoms with Crippen molar-refractivity contribution in [2.75, 3.05) is 0 Å². The Morgan fingerprint density at radius 2 is 1.52 bits per heavy atom. The third-order valence-corrected chi connectivity index (χ3v) is 3.96. The van der Waals surface area contributed by atoms with Gasteiger partial charge < -0.3 is 10.1 Å². The Hall–Kier alpha value is -3.68. The van der Waals surface area contributed by atoms with Gasteiger partial charge in [0.25, 0.3) is 17.7 Å². The van der Waals surface area contributed by atoms with Crippen LogP contribution >= 0.6 is 0 Å². The van der Waals surface area contributed by atoms with Gasteiger partial charge in [-0.05, 0) is 24.6 Å². The predicted octanol–water partition coefficient (Wildman–Crippen LogP) is 1.63. The van der Waals surface area contributed by atoms with E-state index in [4.69, 9.17) is 4.74 Å². The SMILES string of the molecule is CC(NC(=O)OCc1ccccc1)C(=O)NN1C(=O)c2ccccc2C1=O. The molecular weight excluding hydrogens is 350 g/mol. The van der Waals surface area contributed by atoms with Gasteiger partial charge in [-0.1, -0.05) is 42.5 Å². The van der Waals surface area contributed by atoms with E-state index in [1.54, 1.807) is 24.3 Å². The molecule has 2 N–H and O–H groups in total. The van der Waals surface area contributed by atoms with E-state index in [9.17, 15) is 19.2 Å². The van der Waals surface area contributed by atoms with Gasteiger partial charge in [0.1, 0.15) is 12.6 Å². The Balaban J connectivity index is 1.53. The van der Waals surface area contributed by atoms with E-state index >= 15 is 0 Å². The molecule has 0 saturated carbocycles. The summed E-state index contributed by atoms with van der Waals surface area (Å²) in [6.07, 6.45) is -0.788. The molecule has 8 nitrogen and oxygen atoms in total. The number of alkyl carbamates (subject to hydrolysis) is 1. The lowest BCUT2D eigenvalue weighted by molar-refractivity contribution is -0.125. The number of hydrogen-bond acceptors (Lipinski definition) is 5. The van der Waals surface area contributed by atoms with Gasteiger partial charge in [-0.3, -0.25) is 19.8 Å². The largest absolute Gasteiger partial charge is 0.445 e. The minimum absolute atomic E-state index is 0.0550. The zero-order chi connectivity index (χ0) is 19.4. The molecule has 1 atom stereocenters. The zero-order valence-electron chi connectivity index (χ0n) is 14.5. The second-order valence-electron chi connectivity index (χ2n) is 5.90. The van der Waals surface area contributed by atoms with Crippen molar-refractivity contribution >= 4 is 23.8 Å². The van der Waals surface area contributed by atoms with Crippen LogP contribution in [0.4, 0.5) is 4.79 Å². The highest BCUT2D eigenvalue weighted by atomic mass is 16.5. The lowest BCUT2D eigenvalue weighted by Crippen LogP contribution is -2.53. The predicted molar refractivity (Wildman–Crippen MR) is 94.3 cm³/mol. The van der Waals surface area contributed by atoms with Gasteiger partial charge >= 0.3 is 6.09 Å². The van der Waals surface area contributed by atoms with Crippen LogP contribution in [-0.2, 0) is 16.1 Å². The molecule has 0 aromatic heterocycles. The Morgan fingerprint density at radius 3 is 2.11 bits per heavy atom. The minimum Gasteiger partial charge on any atom is -0.445 e. The summed E-state index contributed by atoms with van der Waals surface area (Å²) in [6, 6.07) is 14.3. The topological polar surface area (TPSA) is 105 Å². The molecule has 138 valence electrons. The Labute approximate surface area is 155 Å². The highest BCUT2D eigenvalue weighted by molar-refractivity contribution is 6.21. The van der Waals surface area contributed by atoms with Crippen molar-refractivity contribution < 1.29 is 23.9 Å². The van der Waals surface area contributed by atoms with Crippen molar-refractivity contribution in [1.29, 1.82) is 0 Å². The van der Waals surface area contributed by atoms with Gasteiger partial charge in [0.2, 0.25) is 0 Å². The molecule has 0 aliphatic carbocycles. The fraction of sp³-hybridized carbons (Fsp3) is 0.158. The Bertz CT molecular complexity index is 862. The molecule has 0 saturated heterocycles. The lowest BCUT2D eigenvalue weighted by Gasteiger charge is -2.19. The van der Waals surface area contributed by atoms with Crippen molar-refractivity contribution in [3.63, 3.8) is 0 Å². The molecule has 4 amide bonds. The van der Waals surface area contributed by atoms with Crippen LogP contribution in [-0.4, -0.2) is 34.9 Å². The summed E-state index contributed by atoms with van der Waals surface area (Å²) in [5, 5.41) is 2.99. The van der Waals surface area contributed by atoms with Gasteiger partial charge in [0, 0.05) is 0 Å². The summed E-state index contributed by atoms with van der Waals surface area (Å²) in [5.74, 6) is -1.97. The first-order valence-corrected chi connectivity index (χ1v) is 8.23. The summed E-state index contributed by atoms with van der Waals surface area (Å²) < 4.78 is 5.03. The van der Waals surface area contributed by atoms with Crippen LogP contribution in [0, 0.1) is 0 Å². The summed E-state index contributed by atoms with van der Waals surface area (Å²) in [6.45, 7) is 1.47. The Morgan fingerprint density at radius 1 is 0.963 bits per heavy atom. The molecule has 1 heterocycles. The van der Waals surface area contributed by atoms with E-state index in [0.29, 0.717) is 5.01 Å². The van der Waals surface area contributed by atoms with Crippen molar-refractivity contribution in [2.24, 2.45) is 0 Å². The van der Waals surface area contributed by atoms with Gasteiger partial charge in [-0.15, -0.1) is 0 Å². The van der Waals surface area contributed by atoms with Crippen LogP contribution < -0.4 is 10.7 Å². The van der Waals surface area contributed by atoms with Gasteiger partial charge in [0.15, 0.2) is 0 Å². The maximum Gasteiger partial charge on any atom is 0.408 e. The number of amides is 4. The Kier molecular flexibility index (Phi) is 5.16. The number of nitrogens with one attached hydrogen (secondary N) is 2. The summed E-state index contributed by atoms with van der Waals surface area (Å²) in [7, 11) is 0. The first kappa shape index (κ1) is 18.1. The fourth-order valence-electron chi connectivity index (χ4n) is 2.50. The number of imide groups is 1. The fourth-order valence-corrected chi connectivity index (χ4v) is 2.50. The smallest absolute Gasteiger partial charge is 0.408 e. The zero-order valence-corrected chi connectivity index (χ0v) is 14.5. The van der Waals surface area contributed by atoms with Crippen LogP contribution in [0.2, 0.25) is 0 Å². The van der Waals surface area contributed by atoms with Crippen molar-refractivity contribution in [3.8, 4) is 0 Å². The van der Waals surface area contributed by atoms with E-state index < -0.39 is 29.9 Å². The van der Waals surface area contributed by atoms with Gasteiger partial charge in [-0.25, -0.2) is 4.79 Å². The highest BCUT2D eigenvalue weighted by Gasteiger charge is 2.37. The number of rotatable bonds is 5. The van der Waals surface area contributed by atoms with E-state index in [1.165, 1.54) is 19.1 Å². The standard InChI is InChI=1S/C19H17N3O5/c1-12(20-19(26)27-11-13-7-3-2-4-8-13)16(23)21-22-17(24)14-9-5-6-10-15(14)18(22)25/h2-10,12H,11H2,1H3,(H,20,26)(H,21,23). The minimum atomic E-state index is -1.02. The number of benzene rings is 2. The molecule has 0 radical (unpaired) electrons. The van der Waals surface area contributed by atoms with E-state index in [0.717, 1.165) is 5.56 Å². The number of hydrogen-bond donors (Lipinski definition) is 2. The quantitative estimate of drug-likeness (QED) is 0.782. The summed E-state index contributed by atoms with van der Waals surface area (Å²) in [4.78, 5) is 48.5. The molecule has 1 unspecified atom stereocenters. The number of carbonyl (C=O) groups excluding carboxylic acids is 4. The molecule has 2 aromatic rings. The van der Waals surface area contributed by atoms with Gasteiger partial charge in [0.05, 0.1) is 11.1 Å². The lowest BCUT2D eigenvalue weighted by atomic mass is 10.1. The van der Waals surface area contributed by atoms with Gasteiger partial charge in [-0.2, -0.15) is 5.01 Å². The van der Waals surface area contributed by atoms with Crippen molar-refractivity contribution in [2.45, 2.75) is 19.6 Å². The molecule has 0 bridgehead atoms. The van der Waals surface area contributed by atoms with E-state index in [1.807, 2.05) is 18.2 Å². The summed E-state index contributed by atoms with van der Waals surface area (Å²) >= 11 is 0. The first-order valence-electron chi connectivity index (χ1n) is 8.23. The second-order valence-corrected chi connectivity index (χ2v) is 5.90. The number of nitrogens with zero attached hydrogens (tertiary/aromatic N) is 1. The number of fused-ring (bicyclic) bond motifs is 1. The molecule has 3 rings (SSSR count). The van der Waals surface area contributed by atoms with E-state index in [-0.39, 0.29) is 17.7 Å². The van der Waals surface area contributed by atoms with Crippen LogP contribution in [0.3, 0.4) is 0 Å². The molecular formula is C19H17N3O5. The maximum atomic E-state index is 12.2. The molecule has 1 aliphatic rings. The third-order valence-electron chi connectivity index (χ3n) is 3.96. The number of ether oxygens (including phenoxy) is 1. The average molecular weight is 367 g/mol. The number of carbonyl (C=O) groups is 4. The molecule has 8 heteroatoms. The molecule has 1 aliphatic heterocycles. The van der Waals surface area contributed by atoms with Crippen molar-refractivity contribution in [3.05, 3.63) is 71.3 Å².